The van der Waals surface area contributed by atoms with Gasteiger partial charge in [0, 0.05) is 11.3 Å². The number of aryl methyl sites for hydroxylation is 1. The first-order chi connectivity index (χ1) is 14.2. The third-order valence-corrected chi connectivity index (χ3v) is 6.65. The van der Waals surface area contributed by atoms with Crippen LogP contribution in [0.3, 0.4) is 0 Å². The Labute approximate surface area is 175 Å². The first kappa shape index (κ1) is 18.3. The molecule has 4 aromatic rings. The lowest BCUT2D eigenvalue weighted by Gasteiger charge is -2.06. The van der Waals surface area contributed by atoms with Crippen LogP contribution in [0.2, 0.25) is 0 Å². The Hall–Kier alpha value is -2.78. The summed E-state index contributed by atoms with van der Waals surface area (Å²) in [5, 5.41) is 16.3. The standard InChI is InChI=1S/C20H18N6OS2/c1-12-2-9-16-17(10-12)29-19(22-16)13-3-5-14(6-4-13)21-18(27)11-28-20-23-24-25-26(20)15-7-8-15/h2-6,9-10,15H,7-8,11H2,1H3,(H,21,27). The molecule has 1 fully saturated rings. The van der Waals surface area contributed by atoms with Crippen LogP contribution in [0.1, 0.15) is 24.4 Å². The quantitative estimate of drug-likeness (QED) is 0.466. The third kappa shape index (κ3) is 4.01. The Kier molecular flexibility index (Phi) is 4.76. The summed E-state index contributed by atoms with van der Waals surface area (Å²) in [5.74, 6) is 0.190. The Morgan fingerprint density at radius 2 is 2.07 bits per heavy atom. The van der Waals surface area contributed by atoms with Crippen LogP contribution in [0.4, 0.5) is 5.69 Å². The SMILES string of the molecule is Cc1ccc2nc(-c3ccc(NC(=O)CSc4nnnn4C4CC4)cc3)sc2c1. The number of thioether (sulfide) groups is 1. The normalized spacial score (nSPS) is 13.7. The van der Waals surface area contributed by atoms with Gasteiger partial charge in [0.15, 0.2) is 0 Å². The summed E-state index contributed by atoms with van der Waals surface area (Å²) in [6, 6.07) is 14.5. The Morgan fingerprint density at radius 1 is 1.24 bits per heavy atom. The number of carbonyl (C=O) groups excluding carboxylic acids is 1. The fourth-order valence-electron chi connectivity index (χ4n) is 3.01. The molecule has 2 aromatic carbocycles. The van der Waals surface area contributed by atoms with Gasteiger partial charge in [0.1, 0.15) is 5.01 Å². The summed E-state index contributed by atoms with van der Waals surface area (Å²) in [7, 11) is 0. The van der Waals surface area contributed by atoms with Crippen LogP contribution in [0, 0.1) is 6.92 Å². The van der Waals surface area contributed by atoms with Crippen LogP contribution in [-0.4, -0.2) is 36.9 Å². The van der Waals surface area contributed by atoms with Gasteiger partial charge >= 0.3 is 0 Å². The first-order valence-electron chi connectivity index (χ1n) is 9.34. The highest BCUT2D eigenvalue weighted by Crippen LogP contribution is 2.36. The van der Waals surface area contributed by atoms with Crippen molar-refractivity contribution in [3.8, 4) is 10.6 Å². The molecule has 9 heteroatoms. The van der Waals surface area contributed by atoms with Crippen LogP contribution >= 0.6 is 23.1 Å². The maximum atomic E-state index is 12.3. The Morgan fingerprint density at radius 3 is 2.86 bits per heavy atom. The van der Waals surface area contributed by atoms with Crippen molar-refractivity contribution in [2.24, 2.45) is 0 Å². The molecule has 1 aliphatic rings. The van der Waals surface area contributed by atoms with E-state index in [0.717, 1.165) is 34.6 Å². The average molecular weight is 423 g/mol. The van der Waals surface area contributed by atoms with Crippen molar-refractivity contribution >= 4 is 44.9 Å². The molecule has 1 aliphatic carbocycles. The van der Waals surface area contributed by atoms with Crippen molar-refractivity contribution in [2.45, 2.75) is 31.0 Å². The van der Waals surface area contributed by atoms with E-state index in [1.807, 2.05) is 28.9 Å². The van der Waals surface area contributed by atoms with Gasteiger partial charge in [0.05, 0.1) is 22.0 Å². The monoisotopic (exact) mass is 422 g/mol. The minimum absolute atomic E-state index is 0.0800. The second-order valence-corrected chi connectivity index (χ2v) is 9.01. The number of fused-ring (bicyclic) bond motifs is 1. The predicted octanol–water partition coefficient (Wildman–Crippen LogP) is 4.32. The molecule has 29 heavy (non-hydrogen) atoms. The minimum Gasteiger partial charge on any atom is -0.325 e. The summed E-state index contributed by atoms with van der Waals surface area (Å²) in [5.41, 5.74) is 4.05. The number of nitrogens with one attached hydrogen (secondary N) is 1. The van der Waals surface area contributed by atoms with Crippen molar-refractivity contribution in [3.05, 3.63) is 48.0 Å². The second-order valence-electron chi connectivity index (χ2n) is 7.04. The van der Waals surface area contributed by atoms with E-state index in [1.54, 1.807) is 11.3 Å². The van der Waals surface area contributed by atoms with Crippen LogP contribution in [0.5, 0.6) is 0 Å². The van der Waals surface area contributed by atoms with Gasteiger partial charge in [0.2, 0.25) is 11.1 Å². The van der Waals surface area contributed by atoms with Gasteiger partial charge < -0.3 is 5.32 Å². The number of rotatable bonds is 6. The zero-order valence-electron chi connectivity index (χ0n) is 15.7. The molecule has 0 spiro atoms. The number of nitrogens with zero attached hydrogens (tertiary/aromatic N) is 5. The van der Waals surface area contributed by atoms with Crippen LogP contribution < -0.4 is 5.32 Å². The molecule has 1 saturated carbocycles. The highest BCUT2D eigenvalue weighted by Gasteiger charge is 2.28. The molecule has 146 valence electrons. The molecular formula is C20H18N6OS2. The molecule has 2 aromatic heterocycles. The van der Waals surface area contributed by atoms with E-state index in [2.05, 4.69) is 46.0 Å². The molecule has 0 aliphatic heterocycles. The van der Waals surface area contributed by atoms with Crippen molar-refractivity contribution < 1.29 is 4.79 Å². The molecule has 7 nitrogen and oxygen atoms in total. The highest BCUT2D eigenvalue weighted by molar-refractivity contribution is 7.99. The fraction of sp³-hybridized carbons (Fsp3) is 0.250. The number of amides is 1. The summed E-state index contributed by atoms with van der Waals surface area (Å²) >= 11 is 3.04. The minimum atomic E-state index is -0.0800. The molecule has 1 N–H and O–H groups in total. The van der Waals surface area contributed by atoms with Gasteiger partial charge in [-0.15, -0.1) is 16.4 Å². The highest BCUT2D eigenvalue weighted by atomic mass is 32.2. The zero-order valence-corrected chi connectivity index (χ0v) is 17.3. The van der Waals surface area contributed by atoms with Crippen LogP contribution in [-0.2, 0) is 4.79 Å². The van der Waals surface area contributed by atoms with E-state index in [9.17, 15) is 4.79 Å². The Bertz CT molecular complexity index is 1180. The molecule has 0 radical (unpaired) electrons. The van der Waals surface area contributed by atoms with Gasteiger partial charge in [-0.05, 0) is 72.2 Å². The van der Waals surface area contributed by atoms with Crippen LogP contribution in [0.15, 0.2) is 47.6 Å². The van der Waals surface area contributed by atoms with Crippen molar-refractivity contribution in [3.63, 3.8) is 0 Å². The fourth-order valence-corrected chi connectivity index (χ4v) is 4.82. The molecule has 1 amide bonds. The molecule has 0 atom stereocenters. The third-order valence-electron chi connectivity index (χ3n) is 4.65. The number of hydrogen-bond donors (Lipinski definition) is 1. The van der Waals surface area contributed by atoms with E-state index in [0.29, 0.717) is 11.2 Å². The molecular weight excluding hydrogens is 404 g/mol. The lowest BCUT2D eigenvalue weighted by molar-refractivity contribution is -0.113. The largest absolute Gasteiger partial charge is 0.325 e. The average Bonchev–Trinajstić information content (AvgIpc) is 3.30. The number of carbonyl (C=O) groups is 1. The maximum absolute atomic E-state index is 12.3. The van der Waals surface area contributed by atoms with E-state index in [1.165, 1.54) is 22.0 Å². The number of aromatic nitrogens is 5. The van der Waals surface area contributed by atoms with E-state index in [-0.39, 0.29) is 11.7 Å². The number of anilines is 1. The van der Waals surface area contributed by atoms with Gasteiger partial charge in [-0.3, -0.25) is 4.79 Å². The van der Waals surface area contributed by atoms with E-state index >= 15 is 0 Å². The van der Waals surface area contributed by atoms with Gasteiger partial charge in [-0.2, -0.15) is 0 Å². The first-order valence-corrected chi connectivity index (χ1v) is 11.1. The summed E-state index contributed by atoms with van der Waals surface area (Å²) in [4.78, 5) is 17.0. The second kappa shape index (κ2) is 7.57. The molecule has 0 saturated heterocycles. The van der Waals surface area contributed by atoms with E-state index < -0.39 is 0 Å². The maximum Gasteiger partial charge on any atom is 0.234 e. The predicted molar refractivity (Wildman–Crippen MR) is 115 cm³/mol. The van der Waals surface area contributed by atoms with Gasteiger partial charge in [-0.1, -0.05) is 17.8 Å². The van der Waals surface area contributed by atoms with Crippen molar-refractivity contribution in [1.29, 1.82) is 0 Å². The topological polar surface area (TPSA) is 85.6 Å². The van der Waals surface area contributed by atoms with E-state index in [4.69, 9.17) is 4.98 Å². The van der Waals surface area contributed by atoms with Gasteiger partial charge in [-0.25, -0.2) is 9.67 Å². The summed E-state index contributed by atoms with van der Waals surface area (Å²) in [6.07, 6.45) is 2.21. The van der Waals surface area contributed by atoms with Crippen LogP contribution in [0.25, 0.3) is 20.8 Å². The van der Waals surface area contributed by atoms with Crippen molar-refractivity contribution in [2.75, 3.05) is 11.1 Å². The molecule has 0 bridgehead atoms. The van der Waals surface area contributed by atoms with Crippen molar-refractivity contribution in [1.82, 2.24) is 25.2 Å². The number of hydrogen-bond acceptors (Lipinski definition) is 7. The number of tetrazole rings is 1. The number of thiazole rings is 1. The molecule has 2 heterocycles. The molecule has 0 unspecified atom stereocenters. The smallest absolute Gasteiger partial charge is 0.234 e. The summed E-state index contributed by atoms with van der Waals surface area (Å²) < 4.78 is 3.00. The zero-order chi connectivity index (χ0) is 19.8. The number of benzene rings is 2. The lowest BCUT2D eigenvalue weighted by Crippen LogP contribution is -2.14. The summed E-state index contributed by atoms with van der Waals surface area (Å²) in [6.45, 7) is 2.08. The lowest BCUT2D eigenvalue weighted by atomic mass is 10.2. The van der Waals surface area contributed by atoms with Gasteiger partial charge in [0.25, 0.3) is 0 Å². The molecule has 5 rings (SSSR count). The Balaban J connectivity index is 1.22.